The minimum Gasteiger partial charge on any atom is -0.462 e. The van der Waals surface area contributed by atoms with Crippen LogP contribution in [0.1, 0.15) is 167 Å². The van der Waals surface area contributed by atoms with Gasteiger partial charge in [0.2, 0.25) is 0 Å². The maximum Gasteiger partial charge on any atom is 0.472 e. The monoisotopic (exact) mass is 929 g/mol. The molecule has 2 atom stereocenters. The number of carbonyl (C=O) groups excluding carboxylic acids is 2. The number of hydrogen-bond acceptors (Lipinski definition) is 7. The predicted octanol–water partition coefficient (Wildman–Crippen LogP) is 15.0. The summed E-state index contributed by atoms with van der Waals surface area (Å²) in [6, 6.07) is 24.9. The number of esters is 2. The number of likely N-dealkylation sites (N-methyl/N-ethyl adjacent to an activating group) is 1. The van der Waals surface area contributed by atoms with E-state index in [4.69, 9.17) is 18.5 Å². The number of rotatable bonds is 36. The van der Waals surface area contributed by atoms with Crippen molar-refractivity contribution in [3.63, 3.8) is 0 Å². The summed E-state index contributed by atoms with van der Waals surface area (Å²) in [6.45, 7) is 2.13. The number of benzene rings is 5. The molecule has 0 heterocycles. The first-order valence-corrected chi connectivity index (χ1v) is 27.3. The lowest BCUT2D eigenvalue weighted by Crippen LogP contribution is -2.37. The summed E-state index contributed by atoms with van der Waals surface area (Å²) in [7, 11) is 1.46. The zero-order chi connectivity index (χ0) is 47.0. The van der Waals surface area contributed by atoms with Crippen LogP contribution in [0.5, 0.6) is 0 Å². The highest BCUT2D eigenvalue weighted by molar-refractivity contribution is 7.47. The number of quaternary nitrogens is 1. The molecule has 66 heavy (non-hydrogen) atoms. The van der Waals surface area contributed by atoms with Crippen LogP contribution in [0.15, 0.2) is 66.7 Å². The van der Waals surface area contributed by atoms with Crippen molar-refractivity contribution in [2.24, 2.45) is 0 Å². The number of fused-ring (bicyclic) bond motifs is 2. The Morgan fingerprint density at radius 1 is 0.561 bits per heavy atom. The Hall–Kier alpha value is -3.59. The Labute approximate surface area is 396 Å². The van der Waals surface area contributed by atoms with Gasteiger partial charge in [-0.15, -0.1) is 0 Å². The van der Waals surface area contributed by atoms with Crippen LogP contribution in [0.3, 0.4) is 0 Å². The van der Waals surface area contributed by atoms with E-state index in [1.165, 1.54) is 145 Å². The minimum absolute atomic E-state index is 0.0252. The van der Waals surface area contributed by atoms with Crippen LogP contribution < -0.4 is 0 Å². The van der Waals surface area contributed by atoms with E-state index < -0.39 is 26.5 Å². The third-order valence-electron chi connectivity index (χ3n) is 13.0. The number of phosphoric acid groups is 1. The topological polar surface area (TPSA) is 108 Å². The lowest BCUT2D eigenvalue weighted by atomic mass is 9.88. The smallest absolute Gasteiger partial charge is 0.462 e. The van der Waals surface area contributed by atoms with E-state index in [1.807, 2.05) is 21.1 Å². The number of phosphoric ester groups is 1. The highest BCUT2D eigenvalue weighted by Gasteiger charge is 2.27. The average molecular weight is 929 g/mol. The van der Waals surface area contributed by atoms with Gasteiger partial charge in [-0.1, -0.05) is 196 Å². The molecule has 0 aliphatic rings. The van der Waals surface area contributed by atoms with E-state index in [9.17, 15) is 19.0 Å². The van der Waals surface area contributed by atoms with E-state index in [0.29, 0.717) is 17.4 Å². The zero-order valence-electron chi connectivity index (χ0n) is 41.1. The van der Waals surface area contributed by atoms with E-state index >= 15 is 0 Å². The van der Waals surface area contributed by atoms with Gasteiger partial charge in [0.1, 0.15) is 19.8 Å². The van der Waals surface area contributed by atoms with Gasteiger partial charge in [-0.2, -0.15) is 0 Å². The SMILES string of the molecule is CCCCCCCCCCCCCCCC(=O)OC[C@H](COP(=O)(O)OCC[N+](C)(C)C)OC(=O)CCCCCCCCCCCc1cc2cccc3c4cccc5cccc(c(c1)c23)c54. The number of nitrogens with zero attached hydrogens (tertiary/aromatic N) is 1. The highest BCUT2D eigenvalue weighted by Crippen LogP contribution is 2.43. The van der Waals surface area contributed by atoms with Crippen molar-refractivity contribution in [3.8, 4) is 0 Å². The van der Waals surface area contributed by atoms with Gasteiger partial charge in [0.15, 0.2) is 6.10 Å². The van der Waals surface area contributed by atoms with Crippen molar-refractivity contribution < 1.29 is 42.1 Å². The second-order valence-corrected chi connectivity index (χ2v) is 21.3. The molecule has 0 saturated heterocycles. The molecule has 0 aromatic heterocycles. The number of unbranched alkanes of at least 4 members (excludes halogenated alkanes) is 20. The number of carbonyl (C=O) groups is 2. The summed E-state index contributed by atoms with van der Waals surface area (Å²) < 4.78 is 34.6. The molecule has 10 heteroatoms. The molecule has 1 N–H and O–H groups in total. The van der Waals surface area contributed by atoms with Crippen LogP contribution in [0.2, 0.25) is 0 Å². The Morgan fingerprint density at radius 3 is 1.58 bits per heavy atom. The zero-order valence-corrected chi connectivity index (χ0v) is 42.0. The van der Waals surface area contributed by atoms with Gasteiger partial charge in [-0.05, 0) is 74.3 Å². The second-order valence-electron chi connectivity index (χ2n) is 19.8. The third-order valence-corrected chi connectivity index (χ3v) is 14.0. The van der Waals surface area contributed by atoms with Gasteiger partial charge in [0, 0.05) is 12.8 Å². The Morgan fingerprint density at radius 2 is 1.03 bits per heavy atom. The maximum atomic E-state index is 12.9. The predicted molar refractivity (Wildman–Crippen MR) is 273 cm³/mol. The van der Waals surface area contributed by atoms with Crippen molar-refractivity contribution in [1.82, 2.24) is 0 Å². The van der Waals surface area contributed by atoms with E-state index in [2.05, 4.69) is 73.7 Å². The van der Waals surface area contributed by atoms with E-state index in [-0.39, 0.29) is 32.0 Å². The summed E-state index contributed by atoms with van der Waals surface area (Å²) in [5.74, 6) is -0.809. The second kappa shape index (κ2) is 28.7. The molecule has 0 fully saturated rings. The van der Waals surface area contributed by atoms with Crippen LogP contribution >= 0.6 is 7.82 Å². The van der Waals surface area contributed by atoms with Crippen molar-refractivity contribution in [2.75, 3.05) is 47.5 Å². The molecule has 0 radical (unpaired) electrons. The molecule has 0 aliphatic carbocycles. The van der Waals surface area contributed by atoms with Gasteiger partial charge < -0.3 is 18.9 Å². The van der Waals surface area contributed by atoms with Crippen LogP contribution in [-0.2, 0) is 39.1 Å². The van der Waals surface area contributed by atoms with Crippen molar-refractivity contribution in [2.45, 2.75) is 174 Å². The lowest BCUT2D eigenvalue weighted by Gasteiger charge is -2.24. The summed E-state index contributed by atoms with van der Waals surface area (Å²) in [5.41, 5.74) is 1.41. The van der Waals surface area contributed by atoms with Crippen LogP contribution in [0.25, 0.3) is 43.1 Å². The minimum atomic E-state index is -4.40. The molecule has 0 aliphatic heterocycles. The quantitative estimate of drug-likeness (QED) is 0.0106. The Bertz CT molecular complexity index is 2230. The maximum absolute atomic E-state index is 12.9. The summed E-state index contributed by atoms with van der Waals surface area (Å²) in [6.07, 6.45) is 26.2. The molecule has 0 amide bonds. The molecule has 5 rings (SSSR count). The highest BCUT2D eigenvalue weighted by atomic mass is 31.2. The molecular formula is C56H83NO8P+. The standard InChI is InChI=1S/C56H82NO8P/c1-5-6-7-8-9-10-11-12-13-16-19-22-25-37-53(58)62-43-48(44-64-66(60,61)63-40-39-57(2,3)4)65-54(59)38-26-23-20-17-14-15-18-21-24-30-45-41-47-33-29-35-50-49-34-27-31-46-32-28-36-51(55(46)49)52(42-45)56(47)50/h27-29,31-36,41-42,48H,5-26,30,37-40,43-44H2,1-4H3/p+1/t48-/m1/s1. The molecule has 1 unspecified atom stereocenters. The molecule has 0 bridgehead atoms. The van der Waals surface area contributed by atoms with Crippen LogP contribution in [0.4, 0.5) is 0 Å². The van der Waals surface area contributed by atoms with Gasteiger partial charge >= 0.3 is 19.8 Å². The van der Waals surface area contributed by atoms with Gasteiger partial charge in [-0.3, -0.25) is 18.6 Å². The molecule has 364 valence electrons. The largest absolute Gasteiger partial charge is 0.472 e. The van der Waals surface area contributed by atoms with Crippen molar-refractivity contribution >= 4 is 62.9 Å². The number of aryl methyl sites for hydroxylation is 1. The van der Waals surface area contributed by atoms with Crippen molar-refractivity contribution in [1.29, 1.82) is 0 Å². The fraction of sp³-hybridized carbons (Fsp3) is 0.607. The molecule has 0 spiro atoms. The van der Waals surface area contributed by atoms with Gasteiger partial charge in [0.05, 0.1) is 27.7 Å². The molecule has 5 aromatic carbocycles. The molecule has 9 nitrogen and oxygen atoms in total. The van der Waals surface area contributed by atoms with Crippen LogP contribution in [0, 0.1) is 0 Å². The first-order valence-electron chi connectivity index (χ1n) is 25.8. The first-order chi connectivity index (χ1) is 31.9. The number of hydrogen-bond donors (Lipinski definition) is 1. The number of ether oxygens (including phenoxy) is 2. The molecule has 5 aromatic rings. The first kappa shape index (κ1) is 53.4. The lowest BCUT2D eigenvalue weighted by molar-refractivity contribution is -0.870. The van der Waals surface area contributed by atoms with E-state index in [1.54, 1.807) is 0 Å². The fourth-order valence-corrected chi connectivity index (χ4v) is 9.99. The normalized spacial score (nSPS) is 13.5. The van der Waals surface area contributed by atoms with Gasteiger partial charge in [0.25, 0.3) is 0 Å². The summed E-state index contributed by atoms with van der Waals surface area (Å²) in [4.78, 5) is 35.7. The average Bonchev–Trinajstić information content (AvgIpc) is 3.29. The van der Waals surface area contributed by atoms with E-state index in [0.717, 1.165) is 44.9 Å². The Balaban J connectivity index is 0.942. The van der Waals surface area contributed by atoms with Crippen LogP contribution in [-0.4, -0.2) is 74.9 Å². The summed E-state index contributed by atoms with van der Waals surface area (Å²) in [5, 5.41) is 10.8. The van der Waals surface area contributed by atoms with Gasteiger partial charge in [-0.25, -0.2) is 4.57 Å². The Kier molecular flexibility index (Phi) is 23.2. The third kappa shape index (κ3) is 18.8. The molecule has 0 saturated carbocycles. The molecular weight excluding hydrogens is 846 g/mol. The fourth-order valence-electron chi connectivity index (χ4n) is 9.25. The summed E-state index contributed by atoms with van der Waals surface area (Å²) >= 11 is 0. The van der Waals surface area contributed by atoms with Crippen molar-refractivity contribution in [3.05, 3.63) is 72.3 Å².